The highest BCUT2D eigenvalue weighted by molar-refractivity contribution is 9.10. The average molecular weight is 310 g/mol. The lowest BCUT2D eigenvalue weighted by Gasteiger charge is -2.06. The number of methoxy groups -OCH3 is 1. The van der Waals surface area contributed by atoms with E-state index in [9.17, 15) is 9.18 Å². The molecule has 3 nitrogen and oxygen atoms in total. The number of benzene rings is 1. The average Bonchev–Trinajstić information content (AvgIpc) is 2.38. The highest BCUT2D eigenvalue weighted by atomic mass is 79.9. The number of ether oxygens (including phenoxy) is 1. The maximum absolute atomic E-state index is 13.9. The van der Waals surface area contributed by atoms with Gasteiger partial charge in [0.05, 0.1) is 12.7 Å². The standard InChI is InChI=1S/C13H9BrFNO2/c1-18-11-4-2-3-10(12(11)15)13(17)8-5-9(14)7-16-6-8/h2-7H,1H3. The van der Waals surface area contributed by atoms with Crippen LogP contribution in [-0.2, 0) is 0 Å². The van der Waals surface area contributed by atoms with Gasteiger partial charge >= 0.3 is 0 Å². The molecule has 0 saturated carbocycles. The minimum atomic E-state index is -0.662. The summed E-state index contributed by atoms with van der Waals surface area (Å²) in [6, 6.07) is 6.04. The first-order valence-corrected chi connectivity index (χ1v) is 5.90. The lowest BCUT2D eigenvalue weighted by Crippen LogP contribution is -2.06. The van der Waals surface area contributed by atoms with Gasteiger partial charge in [-0.15, -0.1) is 0 Å². The van der Waals surface area contributed by atoms with E-state index in [1.54, 1.807) is 18.3 Å². The Morgan fingerprint density at radius 1 is 1.39 bits per heavy atom. The van der Waals surface area contributed by atoms with Crippen LogP contribution in [-0.4, -0.2) is 17.9 Å². The molecule has 18 heavy (non-hydrogen) atoms. The van der Waals surface area contributed by atoms with Crippen LogP contribution in [0.3, 0.4) is 0 Å². The number of carbonyl (C=O) groups is 1. The van der Waals surface area contributed by atoms with Gasteiger partial charge in [0.1, 0.15) is 0 Å². The van der Waals surface area contributed by atoms with Crippen LogP contribution in [0.25, 0.3) is 0 Å². The van der Waals surface area contributed by atoms with Crippen molar-refractivity contribution < 1.29 is 13.9 Å². The molecular weight excluding hydrogens is 301 g/mol. The molecule has 0 spiro atoms. The van der Waals surface area contributed by atoms with Gasteiger partial charge in [-0.2, -0.15) is 0 Å². The van der Waals surface area contributed by atoms with Crippen molar-refractivity contribution in [2.45, 2.75) is 0 Å². The van der Waals surface area contributed by atoms with Gasteiger partial charge in [-0.3, -0.25) is 9.78 Å². The molecule has 0 bridgehead atoms. The number of carbonyl (C=O) groups excluding carboxylic acids is 1. The van der Waals surface area contributed by atoms with Crippen molar-refractivity contribution in [1.82, 2.24) is 4.98 Å². The minimum Gasteiger partial charge on any atom is -0.494 e. The second-order valence-electron chi connectivity index (χ2n) is 3.54. The Labute approximate surface area is 112 Å². The lowest BCUT2D eigenvalue weighted by atomic mass is 10.0. The van der Waals surface area contributed by atoms with E-state index >= 15 is 0 Å². The molecule has 1 aromatic carbocycles. The number of halogens is 2. The summed E-state index contributed by atoms with van der Waals surface area (Å²) in [5.74, 6) is -1.05. The summed E-state index contributed by atoms with van der Waals surface area (Å²) >= 11 is 3.22. The van der Waals surface area contributed by atoms with Crippen LogP contribution in [0, 0.1) is 5.82 Å². The number of rotatable bonds is 3. The van der Waals surface area contributed by atoms with Gasteiger partial charge in [0.2, 0.25) is 0 Å². The van der Waals surface area contributed by atoms with E-state index in [0.29, 0.717) is 10.0 Å². The third kappa shape index (κ3) is 2.41. The molecule has 0 radical (unpaired) electrons. The minimum absolute atomic E-state index is 0.0331. The molecule has 2 aromatic rings. The van der Waals surface area contributed by atoms with Gasteiger partial charge in [0.25, 0.3) is 0 Å². The van der Waals surface area contributed by atoms with E-state index in [0.717, 1.165) is 0 Å². The van der Waals surface area contributed by atoms with Gasteiger partial charge in [0.15, 0.2) is 17.3 Å². The zero-order chi connectivity index (χ0) is 13.1. The Morgan fingerprint density at radius 2 is 2.17 bits per heavy atom. The van der Waals surface area contributed by atoms with E-state index in [1.807, 2.05) is 0 Å². The van der Waals surface area contributed by atoms with Gasteiger partial charge in [-0.05, 0) is 34.1 Å². The highest BCUT2D eigenvalue weighted by Gasteiger charge is 2.17. The molecule has 0 N–H and O–H groups in total. The van der Waals surface area contributed by atoms with E-state index in [1.165, 1.54) is 25.4 Å². The molecule has 0 fully saturated rings. The molecule has 1 aromatic heterocycles. The quantitative estimate of drug-likeness (QED) is 0.817. The van der Waals surface area contributed by atoms with Crippen molar-refractivity contribution in [3.63, 3.8) is 0 Å². The van der Waals surface area contributed by atoms with Gasteiger partial charge in [0, 0.05) is 22.4 Å². The summed E-state index contributed by atoms with van der Waals surface area (Å²) in [6.07, 6.45) is 2.95. The molecule has 0 unspecified atom stereocenters. The SMILES string of the molecule is COc1cccc(C(=O)c2cncc(Br)c2)c1F. The van der Waals surface area contributed by atoms with E-state index in [2.05, 4.69) is 20.9 Å². The zero-order valence-corrected chi connectivity index (χ0v) is 11.1. The third-order valence-electron chi connectivity index (χ3n) is 2.39. The molecule has 92 valence electrons. The largest absolute Gasteiger partial charge is 0.494 e. The fourth-order valence-corrected chi connectivity index (χ4v) is 1.90. The molecule has 0 aliphatic carbocycles. The number of hydrogen-bond donors (Lipinski definition) is 0. The second kappa shape index (κ2) is 5.27. The Morgan fingerprint density at radius 3 is 2.83 bits per heavy atom. The van der Waals surface area contributed by atoms with Crippen molar-refractivity contribution in [2.75, 3.05) is 7.11 Å². The van der Waals surface area contributed by atoms with Crippen LogP contribution in [0.4, 0.5) is 4.39 Å². The smallest absolute Gasteiger partial charge is 0.197 e. The van der Waals surface area contributed by atoms with E-state index < -0.39 is 11.6 Å². The fourth-order valence-electron chi connectivity index (χ4n) is 1.54. The second-order valence-corrected chi connectivity index (χ2v) is 4.46. The summed E-state index contributed by atoms with van der Waals surface area (Å²) in [5.41, 5.74) is 0.283. The Kier molecular flexibility index (Phi) is 3.72. The van der Waals surface area contributed by atoms with Crippen LogP contribution < -0.4 is 4.74 Å². The number of ketones is 1. The maximum Gasteiger partial charge on any atom is 0.197 e. The van der Waals surface area contributed by atoms with Crippen molar-refractivity contribution in [1.29, 1.82) is 0 Å². The third-order valence-corrected chi connectivity index (χ3v) is 2.83. The summed E-state index contributed by atoms with van der Waals surface area (Å²) < 4.78 is 19.4. The van der Waals surface area contributed by atoms with E-state index in [4.69, 9.17) is 4.74 Å². The summed E-state index contributed by atoms with van der Waals surface area (Å²) in [6.45, 7) is 0. The number of hydrogen-bond acceptors (Lipinski definition) is 3. The normalized spacial score (nSPS) is 10.2. The van der Waals surface area contributed by atoms with Crippen LogP contribution in [0.2, 0.25) is 0 Å². The molecule has 0 aliphatic rings. The first kappa shape index (κ1) is 12.7. The highest BCUT2D eigenvalue weighted by Crippen LogP contribution is 2.22. The number of pyridine rings is 1. The van der Waals surface area contributed by atoms with Crippen LogP contribution >= 0.6 is 15.9 Å². The monoisotopic (exact) mass is 309 g/mol. The van der Waals surface area contributed by atoms with Gasteiger partial charge in [-0.1, -0.05) is 6.07 Å². The number of nitrogens with zero attached hydrogens (tertiary/aromatic N) is 1. The molecule has 5 heteroatoms. The molecule has 1 heterocycles. The van der Waals surface area contributed by atoms with Gasteiger partial charge < -0.3 is 4.74 Å². The summed E-state index contributed by atoms with van der Waals surface area (Å²) in [4.78, 5) is 16.0. The van der Waals surface area contributed by atoms with Crippen molar-refractivity contribution in [3.8, 4) is 5.75 Å². The summed E-state index contributed by atoms with van der Waals surface area (Å²) in [5, 5.41) is 0. The summed E-state index contributed by atoms with van der Waals surface area (Å²) in [7, 11) is 1.35. The predicted molar refractivity (Wildman–Crippen MR) is 68.3 cm³/mol. The zero-order valence-electron chi connectivity index (χ0n) is 9.48. The first-order valence-electron chi connectivity index (χ1n) is 5.11. The van der Waals surface area contributed by atoms with Gasteiger partial charge in [-0.25, -0.2) is 4.39 Å². The van der Waals surface area contributed by atoms with Crippen LogP contribution in [0.5, 0.6) is 5.75 Å². The topological polar surface area (TPSA) is 39.2 Å². The predicted octanol–water partition coefficient (Wildman–Crippen LogP) is 3.22. The van der Waals surface area contributed by atoms with Crippen LogP contribution in [0.15, 0.2) is 41.1 Å². The Balaban J connectivity index is 2.46. The molecular formula is C13H9BrFNO2. The molecule has 0 aliphatic heterocycles. The Hall–Kier alpha value is -1.75. The van der Waals surface area contributed by atoms with E-state index in [-0.39, 0.29) is 11.3 Å². The van der Waals surface area contributed by atoms with Crippen molar-refractivity contribution >= 4 is 21.7 Å². The Bertz CT molecular complexity index is 601. The maximum atomic E-state index is 13.9. The molecule has 0 amide bonds. The first-order chi connectivity index (χ1) is 8.63. The fraction of sp³-hybridized carbons (Fsp3) is 0.0769. The van der Waals surface area contributed by atoms with Crippen LogP contribution in [0.1, 0.15) is 15.9 Å². The molecule has 2 rings (SSSR count). The molecule has 0 atom stereocenters. The number of aromatic nitrogens is 1. The molecule has 0 saturated heterocycles. The van der Waals surface area contributed by atoms with Crippen molar-refractivity contribution in [2.24, 2.45) is 0 Å². The lowest BCUT2D eigenvalue weighted by molar-refractivity contribution is 0.103. The van der Waals surface area contributed by atoms with Crippen molar-refractivity contribution in [3.05, 3.63) is 58.1 Å².